The van der Waals surface area contributed by atoms with Crippen LogP contribution in [0, 0.1) is 0 Å². The lowest BCUT2D eigenvalue weighted by atomic mass is 10.1. The van der Waals surface area contributed by atoms with Crippen LogP contribution >= 0.6 is 15.9 Å². The summed E-state index contributed by atoms with van der Waals surface area (Å²) in [6, 6.07) is 15.1. The van der Waals surface area contributed by atoms with Gasteiger partial charge in [-0.3, -0.25) is 4.79 Å². The molecule has 114 valence electrons. The summed E-state index contributed by atoms with van der Waals surface area (Å²) < 4.78 is 6.36. The molecule has 2 aromatic carbocycles. The second-order valence-corrected chi connectivity index (χ2v) is 5.51. The normalized spacial score (nSPS) is 10.6. The summed E-state index contributed by atoms with van der Waals surface area (Å²) in [5.74, 6) is 0.650. The Bertz CT molecular complexity index is 637. The Labute approximate surface area is 138 Å². The van der Waals surface area contributed by atoms with Crippen molar-refractivity contribution in [3.05, 3.63) is 64.1 Å². The van der Waals surface area contributed by atoms with E-state index in [4.69, 9.17) is 4.74 Å². The van der Waals surface area contributed by atoms with Crippen molar-refractivity contribution in [1.29, 1.82) is 0 Å². The highest BCUT2D eigenvalue weighted by Crippen LogP contribution is 2.12. The van der Waals surface area contributed by atoms with Crippen LogP contribution in [0.4, 0.5) is 0 Å². The third-order valence-electron chi connectivity index (χ3n) is 2.87. The van der Waals surface area contributed by atoms with Crippen molar-refractivity contribution in [2.75, 3.05) is 6.61 Å². The summed E-state index contributed by atoms with van der Waals surface area (Å²) in [5, 5.41) is 3.95. The number of rotatable bonds is 6. The van der Waals surface area contributed by atoms with Crippen LogP contribution in [0.3, 0.4) is 0 Å². The highest BCUT2D eigenvalue weighted by atomic mass is 79.9. The summed E-state index contributed by atoms with van der Waals surface area (Å²) in [5.41, 5.74) is 4.36. The Morgan fingerprint density at radius 3 is 2.50 bits per heavy atom. The highest BCUT2D eigenvalue weighted by Gasteiger charge is 2.02. The van der Waals surface area contributed by atoms with Gasteiger partial charge in [0.15, 0.2) is 0 Å². The van der Waals surface area contributed by atoms with E-state index in [1.807, 2.05) is 55.5 Å². The Balaban J connectivity index is 1.83. The summed E-state index contributed by atoms with van der Waals surface area (Å²) in [6.45, 7) is 2.56. The van der Waals surface area contributed by atoms with Crippen LogP contribution < -0.4 is 10.2 Å². The van der Waals surface area contributed by atoms with Gasteiger partial charge < -0.3 is 4.74 Å². The van der Waals surface area contributed by atoms with Gasteiger partial charge in [0.25, 0.3) is 0 Å². The lowest BCUT2D eigenvalue weighted by molar-refractivity contribution is -0.120. The van der Waals surface area contributed by atoms with E-state index < -0.39 is 0 Å². The smallest absolute Gasteiger partial charge is 0.244 e. The van der Waals surface area contributed by atoms with Crippen LogP contribution in [-0.2, 0) is 11.2 Å². The molecule has 0 aliphatic heterocycles. The van der Waals surface area contributed by atoms with Crippen molar-refractivity contribution in [3.63, 3.8) is 0 Å². The average Bonchev–Trinajstić information content (AvgIpc) is 2.51. The molecular weight excluding hydrogens is 344 g/mol. The first-order valence-electron chi connectivity index (χ1n) is 6.96. The minimum absolute atomic E-state index is 0.155. The van der Waals surface area contributed by atoms with Crippen molar-refractivity contribution in [2.45, 2.75) is 13.3 Å². The number of hydrogen-bond acceptors (Lipinski definition) is 3. The molecule has 2 aromatic rings. The number of benzene rings is 2. The van der Waals surface area contributed by atoms with Crippen molar-refractivity contribution in [2.24, 2.45) is 5.10 Å². The lowest BCUT2D eigenvalue weighted by Gasteiger charge is -2.04. The van der Waals surface area contributed by atoms with Gasteiger partial charge in [-0.05, 0) is 42.3 Å². The van der Waals surface area contributed by atoms with Gasteiger partial charge in [-0.15, -0.1) is 0 Å². The fourth-order valence-electron chi connectivity index (χ4n) is 1.82. The van der Waals surface area contributed by atoms with Crippen molar-refractivity contribution in [3.8, 4) is 5.75 Å². The maximum Gasteiger partial charge on any atom is 0.244 e. The Hall–Kier alpha value is -2.14. The van der Waals surface area contributed by atoms with E-state index in [0.717, 1.165) is 21.3 Å². The predicted molar refractivity (Wildman–Crippen MR) is 91.2 cm³/mol. The third-order valence-corrected chi connectivity index (χ3v) is 3.40. The summed E-state index contributed by atoms with van der Waals surface area (Å²) in [6.07, 6.45) is 1.90. The SMILES string of the molecule is CCOc1ccc(CC(=O)N/N=C/c2ccc(Br)cc2)cc1. The number of nitrogens with zero attached hydrogens (tertiary/aromatic N) is 1. The molecule has 0 saturated carbocycles. The van der Waals surface area contributed by atoms with Gasteiger partial charge in [0, 0.05) is 4.47 Å². The largest absolute Gasteiger partial charge is 0.494 e. The molecule has 0 aliphatic carbocycles. The molecule has 1 amide bonds. The van der Waals surface area contributed by atoms with Crippen LogP contribution in [0.15, 0.2) is 58.1 Å². The predicted octanol–water partition coefficient (Wildman–Crippen LogP) is 3.54. The molecule has 0 spiro atoms. The number of halogens is 1. The number of hydrazone groups is 1. The van der Waals surface area contributed by atoms with E-state index in [9.17, 15) is 4.79 Å². The van der Waals surface area contributed by atoms with Crippen LogP contribution in [0.2, 0.25) is 0 Å². The van der Waals surface area contributed by atoms with Crippen molar-refractivity contribution in [1.82, 2.24) is 5.43 Å². The van der Waals surface area contributed by atoms with Gasteiger partial charge in [0.2, 0.25) is 5.91 Å². The van der Waals surface area contributed by atoms with Gasteiger partial charge in [-0.2, -0.15) is 5.10 Å². The number of ether oxygens (including phenoxy) is 1. The van der Waals surface area contributed by atoms with Crippen LogP contribution in [0.1, 0.15) is 18.1 Å². The minimum Gasteiger partial charge on any atom is -0.494 e. The number of carbonyl (C=O) groups is 1. The summed E-state index contributed by atoms with van der Waals surface area (Å²) in [4.78, 5) is 11.8. The molecule has 2 rings (SSSR count). The average molecular weight is 361 g/mol. The maximum atomic E-state index is 11.8. The third kappa shape index (κ3) is 5.33. The zero-order chi connectivity index (χ0) is 15.8. The molecule has 0 aromatic heterocycles. The monoisotopic (exact) mass is 360 g/mol. The van der Waals surface area contributed by atoms with E-state index in [2.05, 4.69) is 26.5 Å². The number of hydrogen-bond donors (Lipinski definition) is 1. The molecule has 5 heteroatoms. The van der Waals surface area contributed by atoms with E-state index in [1.165, 1.54) is 0 Å². The van der Waals surface area contributed by atoms with Gasteiger partial charge in [0.05, 0.1) is 19.2 Å². The summed E-state index contributed by atoms with van der Waals surface area (Å²) >= 11 is 3.37. The van der Waals surface area contributed by atoms with Crippen LogP contribution in [0.5, 0.6) is 5.75 Å². The standard InChI is InChI=1S/C17H17BrN2O2/c1-2-22-16-9-5-13(6-10-16)11-17(21)20-19-12-14-3-7-15(18)8-4-14/h3-10,12H,2,11H2,1H3,(H,20,21)/b19-12+. The van der Waals surface area contributed by atoms with Gasteiger partial charge in [0.1, 0.15) is 5.75 Å². The molecule has 0 unspecified atom stereocenters. The molecule has 0 atom stereocenters. The first kappa shape index (κ1) is 16.2. The van der Waals surface area contributed by atoms with Crippen LogP contribution in [0.25, 0.3) is 0 Å². The fourth-order valence-corrected chi connectivity index (χ4v) is 2.09. The Morgan fingerprint density at radius 1 is 1.18 bits per heavy atom. The lowest BCUT2D eigenvalue weighted by Crippen LogP contribution is -2.19. The van der Waals surface area contributed by atoms with Gasteiger partial charge in [-0.1, -0.05) is 40.2 Å². The van der Waals surface area contributed by atoms with E-state index >= 15 is 0 Å². The zero-order valence-corrected chi connectivity index (χ0v) is 13.8. The first-order valence-corrected chi connectivity index (χ1v) is 7.76. The van der Waals surface area contributed by atoms with Crippen molar-refractivity contribution >= 4 is 28.1 Å². The minimum atomic E-state index is -0.155. The van der Waals surface area contributed by atoms with Gasteiger partial charge >= 0.3 is 0 Å². The number of nitrogens with one attached hydrogen (secondary N) is 1. The fraction of sp³-hybridized carbons (Fsp3) is 0.176. The van der Waals surface area contributed by atoms with E-state index in [-0.39, 0.29) is 12.3 Å². The Morgan fingerprint density at radius 2 is 1.86 bits per heavy atom. The number of carbonyl (C=O) groups excluding carboxylic acids is 1. The van der Waals surface area contributed by atoms with E-state index in [0.29, 0.717) is 6.61 Å². The molecule has 1 N–H and O–H groups in total. The zero-order valence-electron chi connectivity index (χ0n) is 12.3. The molecule has 22 heavy (non-hydrogen) atoms. The molecule has 0 aliphatic rings. The van der Waals surface area contributed by atoms with Crippen molar-refractivity contribution < 1.29 is 9.53 Å². The molecule has 0 radical (unpaired) electrons. The molecule has 0 saturated heterocycles. The van der Waals surface area contributed by atoms with Crippen LogP contribution in [-0.4, -0.2) is 18.7 Å². The number of amides is 1. The molecule has 0 bridgehead atoms. The second kappa shape index (κ2) is 8.34. The summed E-state index contributed by atoms with van der Waals surface area (Å²) in [7, 11) is 0. The quantitative estimate of drug-likeness (QED) is 0.632. The highest BCUT2D eigenvalue weighted by molar-refractivity contribution is 9.10. The maximum absolute atomic E-state index is 11.8. The molecule has 0 fully saturated rings. The first-order chi connectivity index (χ1) is 10.7. The Kier molecular flexibility index (Phi) is 6.15. The molecule has 4 nitrogen and oxygen atoms in total. The second-order valence-electron chi connectivity index (χ2n) is 4.60. The molecule has 0 heterocycles. The van der Waals surface area contributed by atoms with Gasteiger partial charge in [-0.25, -0.2) is 5.43 Å². The van der Waals surface area contributed by atoms with E-state index in [1.54, 1.807) is 6.21 Å². The molecular formula is C17H17BrN2O2. The topological polar surface area (TPSA) is 50.7 Å².